The van der Waals surface area contributed by atoms with Gasteiger partial charge in [0.15, 0.2) is 0 Å². The van der Waals surface area contributed by atoms with E-state index in [9.17, 15) is 4.79 Å². The number of fused-ring (bicyclic) bond motifs is 1. The van der Waals surface area contributed by atoms with E-state index in [1.807, 2.05) is 0 Å². The standard InChI is InChI=1S/C7H10NO2/c8-7(6(9)10)3-4-1-5(7)2-4/h1,4-5H,2-3,8H2,(H,9,10). The second kappa shape index (κ2) is 1.53. The first-order valence-corrected chi connectivity index (χ1v) is 3.50. The average Bonchev–Trinajstić information content (AvgIpc) is 2.17. The molecule has 3 aliphatic rings. The van der Waals surface area contributed by atoms with Crippen LogP contribution in [0.3, 0.4) is 0 Å². The van der Waals surface area contributed by atoms with Gasteiger partial charge in [-0.1, -0.05) is 0 Å². The maximum atomic E-state index is 10.6. The van der Waals surface area contributed by atoms with Gasteiger partial charge in [0.2, 0.25) is 0 Å². The van der Waals surface area contributed by atoms with Crippen LogP contribution in [-0.2, 0) is 4.79 Å². The molecule has 2 bridgehead atoms. The van der Waals surface area contributed by atoms with E-state index in [-0.39, 0.29) is 5.92 Å². The normalized spacial score (nSPS) is 50.5. The maximum absolute atomic E-state index is 10.6. The second-order valence-corrected chi connectivity index (χ2v) is 3.34. The predicted octanol–water partition coefficient (Wildman–Crippen LogP) is 0.0126. The van der Waals surface area contributed by atoms with Gasteiger partial charge in [-0.25, -0.2) is 0 Å². The zero-order chi connectivity index (χ0) is 7.35. The molecule has 0 aliphatic heterocycles. The van der Waals surface area contributed by atoms with Gasteiger partial charge in [-0.3, -0.25) is 4.79 Å². The Balaban J connectivity index is 2.23. The third-order valence-corrected chi connectivity index (χ3v) is 2.72. The first-order chi connectivity index (χ1) is 4.63. The molecule has 3 nitrogen and oxygen atoms in total. The molecule has 55 valence electrons. The van der Waals surface area contributed by atoms with Gasteiger partial charge in [-0.05, 0) is 31.1 Å². The molecule has 3 N–H and O–H groups in total. The summed E-state index contributed by atoms with van der Waals surface area (Å²) in [4.78, 5) is 10.6. The molecule has 0 aromatic rings. The van der Waals surface area contributed by atoms with Crippen molar-refractivity contribution in [2.24, 2.45) is 17.6 Å². The van der Waals surface area contributed by atoms with Crippen LogP contribution >= 0.6 is 0 Å². The van der Waals surface area contributed by atoms with Crippen molar-refractivity contribution in [3.05, 3.63) is 6.42 Å². The van der Waals surface area contributed by atoms with Crippen LogP contribution < -0.4 is 5.73 Å². The van der Waals surface area contributed by atoms with E-state index in [0.717, 1.165) is 6.42 Å². The minimum absolute atomic E-state index is 0.148. The van der Waals surface area contributed by atoms with Gasteiger partial charge in [0.25, 0.3) is 0 Å². The van der Waals surface area contributed by atoms with Crippen molar-refractivity contribution in [3.63, 3.8) is 0 Å². The molecule has 0 saturated heterocycles. The number of rotatable bonds is 1. The highest BCUT2D eigenvalue weighted by Gasteiger charge is 2.57. The van der Waals surface area contributed by atoms with E-state index < -0.39 is 11.5 Å². The van der Waals surface area contributed by atoms with Crippen molar-refractivity contribution in [1.29, 1.82) is 0 Å². The quantitative estimate of drug-likeness (QED) is 0.539. The molecule has 3 saturated carbocycles. The molecule has 10 heavy (non-hydrogen) atoms. The van der Waals surface area contributed by atoms with Crippen LogP contribution in [0.15, 0.2) is 0 Å². The second-order valence-electron chi connectivity index (χ2n) is 3.34. The summed E-state index contributed by atoms with van der Waals surface area (Å²) in [6.07, 6.45) is 3.70. The van der Waals surface area contributed by atoms with Crippen LogP contribution in [0.1, 0.15) is 12.8 Å². The molecule has 0 aromatic heterocycles. The lowest BCUT2D eigenvalue weighted by Crippen LogP contribution is -2.49. The number of nitrogens with two attached hydrogens (primary N) is 1. The summed E-state index contributed by atoms with van der Waals surface area (Å²) in [5.74, 6) is -0.199. The minimum atomic E-state index is -0.912. The molecular weight excluding hydrogens is 130 g/mol. The van der Waals surface area contributed by atoms with Gasteiger partial charge in [0.1, 0.15) is 5.54 Å². The molecule has 0 aromatic carbocycles. The summed E-state index contributed by atoms with van der Waals surface area (Å²) >= 11 is 0. The molecular formula is C7H10NO2. The number of carboxylic acid groups (broad SMARTS) is 1. The van der Waals surface area contributed by atoms with Crippen LogP contribution in [0, 0.1) is 18.3 Å². The zero-order valence-electron chi connectivity index (χ0n) is 5.58. The van der Waals surface area contributed by atoms with Gasteiger partial charge in [0.05, 0.1) is 0 Å². The number of hydrogen-bond donors (Lipinski definition) is 2. The molecule has 0 heterocycles. The van der Waals surface area contributed by atoms with Crippen molar-refractivity contribution in [1.82, 2.24) is 0 Å². The van der Waals surface area contributed by atoms with Crippen molar-refractivity contribution in [3.8, 4) is 0 Å². The molecule has 1 radical (unpaired) electrons. The van der Waals surface area contributed by atoms with Crippen molar-refractivity contribution < 1.29 is 9.90 Å². The fourth-order valence-corrected chi connectivity index (χ4v) is 1.98. The Labute approximate surface area is 59.2 Å². The summed E-state index contributed by atoms with van der Waals surface area (Å²) in [7, 11) is 0. The van der Waals surface area contributed by atoms with Gasteiger partial charge in [-0.15, -0.1) is 0 Å². The first-order valence-electron chi connectivity index (χ1n) is 3.50. The SMILES string of the molecule is NC1(C(=O)O)CC2[CH]C1C2. The van der Waals surface area contributed by atoms with E-state index >= 15 is 0 Å². The zero-order valence-corrected chi connectivity index (χ0v) is 5.58. The average molecular weight is 140 g/mol. The summed E-state index contributed by atoms with van der Waals surface area (Å²) in [6, 6.07) is 0. The predicted molar refractivity (Wildman–Crippen MR) is 35.1 cm³/mol. The van der Waals surface area contributed by atoms with Crippen molar-refractivity contribution in [2.45, 2.75) is 18.4 Å². The topological polar surface area (TPSA) is 63.3 Å². The fourth-order valence-electron chi connectivity index (χ4n) is 1.98. The summed E-state index contributed by atoms with van der Waals surface area (Å²) < 4.78 is 0. The molecule has 3 unspecified atom stereocenters. The van der Waals surface area contributed by atoms with Crippen LogP contribution in [-0.4, -0.2) is 16.6 Å². The summed E-state index contributed by atoms with van der Waals surface area (Å²) in [5.41, 5.74) is 4.74. The van der Waals surface area contributed by atoms with E-state index in [2.05, 4.69) is 6.42 Å². The Hall–Kier alpha value is -0.570. The highest BCUT2D eigenvalue weighted by Crippen LogP contribution is 2.52. The smallest absolute Gasteiger partial charge is 0.323 e. The highest BCUT2D eigenvalue weighted by molar-refractivity contribution is 5.80. The summed E-state index contributed by atoms with van der Waals surface area (Å²) in [5, 5.41) is 8.72. The van der Waals surface area contributed by atoms with Crippen molar-refractivity contribution >= 4 is 5.97 Å². The fraction of sp³-hybridized carbons (Fsp3) is 0.714. The largest absolute Gasteiger partial charge is 0.480 e. The first kappa shape index (κ1) is 6.16. The Morgan fingerprint density at radius 2 is 2.40 bits per heavy atom. The van der Waals surface area contributed by atoms with E-state index in [0.29, 0.717) is 12.3 Å². The van der Waals surface area contributed by atoms with Gasteiger partial charge >= 0.3 is 5.97 Å². The Morgan fingerprint density at radius 1 is 1.80 bits per heavy atom. The third-order valence-electron chi connectivity index (χ3n) is 2.72. The Kier molecular flexibility index (Phi) is 0.944. The van der Waals surface area contributed by atoms with Gasteiger partial charge < -0.3 is 10.8 Å². The monoisotopic (exact) mass is 140 g/mol. The Bertz CT molecular complexity index is 186. The van der Waals surface area contributed by atoms with Crippen LogP contribution in [0.5, 0.6) is 0 Å². The summed E-state index contributed by atoms with van der Waals surface area (Å²) in [6.45, 7) is 0. The lowest BCUT2D eigenvalue weighted by Gasteiger charge is -2.27. The molecule has 0 amide bonds. The lowest BCUT2D eigenvalue weighted by molar-refractivity contribution is -0.143. The van der Waals surface area contributed by atoms with E-state index in [1.165, 1.54) is 0 Å². The van der Waals surface area contributed by atoms with Crippen molar-refractivity contribution in [2.75, 3.05) is 0 Å². The molecule has 3 aliphatic carbocycles. The van der Waals surface area contributed by atoms with Crippen LogP contribution in [0.25, 0.3) is 0 Å². The molecule has 3 fully saturated rings. The molecule has 0 spiro atoms. The molecule has 3 rings (SSSR count). The van der Waals surface area contributed by atoms with Crippen LogP contribution in [0.4, 0.5) is 0 Å². The third kappa shape index (κ3) is 0.515. The van der Waals surface area contributed by atoms with E-state index in [1.54, 1.807) is 0 Å². The molecule has 3 heteroatoms. The molecule has 3 atom stereocenters. The minimum Gasteiger partial charge on any atom is -0.480 e. The van der Waals surface area contributed by atoms with E-state index in [4.69, 9.17) is 10.8 Å². The number of hydrogen-bond acceptors (Lipinski definition) is 2. The van der Waals surface area contributed by atoms with Gasteiger partial charge in [-0.2, -0.15) is 0 Å². The Morgan fingerprint density at radius 3 is 2.60 bits per heavy atom. The van der Waals surface area contributed by atoms with Crippen LogP contribution in [0.2, 0.25) is 0 Å². The number of carbonyl (C=O) groups is 1. The number of carboxylic acids is 1. The van der Waals surface area contributed by atoms with Gasteiger partial charge in [0, 0.05) is 0 Å². The lowest BCUT2D eigenvalue weighted by atomic mass is 9.80. The highest BCUT2D eigenvalue weighted by atomic mass is 16.4. The maximum Gasteiger partial charge on any atom is 0.323 e. The number of aliphatic carboxylic acids is 1.